The van der Waals surface area contributed by atoms with Crippen molar-refractivity contribution in [3.8, 4) is 17.3 Å². The van der Waals surface area contributed by atoms with E-state index in [4.69, 9.17) is 0 Å². The molecule has 3 heterocycles. The zero-order valence-electron chi connectivity index (χ0n) is 14.1. The van der Waals surface area contributed by atoms with Gasteiger partial charge in [0.25, 0.3) is 0 Å². The molecular weight excluding hydrogens is 408 g/mol. The van der Waals surface area contributed by atoms with Crippen LogP contribution in [0.1, 0.15) is 18.1 Å². The molecule has 0 radical (unpaired) electrons. The molecular formula is C16H11F6N5S. The summed E-state index contributed by atoms with van der Waals surface area (Å²) in [6.45, 7) is 1.76. The largest absolute Gasteiger partial charge is 0.417 e. The van der Waals surface area contributed by atoms with Crippen molar-refractivity contribution in [2.45, 2.75) is 24.2 Å². The highest BCUT2D eigenvalue weighted by Crippen LogP contribution is 2.35. The Hall–Kier alpha value is -2.63. The lowest BCUT2D eigenvalue weighted by atomic mass is 10.2. The van der Waals surface area contributed by atoms with Crippen LogP contribution >= 0.6 is 11.8 Å². The molecule has 0 aromatic carbocycles. The molecule has 28 heavy (non-hydrogen) atoms. The highest BCUT2D eigenvalue weighted by molar-refractivity contribution is 7.99. The number of nitrogens with zero attached hydrogens (tertiary/aromatic N) is 5. The number of alkyl halides is 6. The molecule has 0 unspecified atom stereocenters. The van der Waals surface area contributed by atoms with E-state index in [-0.39, 0.29) is 22.2 Å². The first-order valence-corrected chi connectivity index (χ1v) is 8.74. The molecule has 0 fully saturated rings. The zero-order valence-corrected chi connectivity index (χ0v) is 14.9. The Labute approximate surface area is 158 Å². The molecule has 0 saturated carbocycles. The molecule has 0 saturated heterocycles. The van der Waals surface area contributed by atoms with Gasteiger partial charge in [0.05, 0.1) is 11.1 Å². The fraction of sp³-hybridized carbons (Fsp3) is 0.250. The van der Waals surface area contributed by atoms with Gasteiger partial charge in [0.15, 0.2) is 5.82 Å². The summed E-state index contributed by atoms with van der Waals surface area (Å²) in [7, 11) is 0. The molecule has 0 amide bonds. The second kappa shape index (κ2) is 7.41. The number of halogens is 6. The number of rotatable bonds is 4. The van der Waals surface area contributed by atoms with E-state index in [9.17, 15) is 26.3 Å². The van der Waals surface area contributed by atoms with Gasteiger partial charge in [0.1, 0.15) is 12.0 Å². The third-order valence-corrected chi connectivity index (χ3v) is 4.40. The fourth-order valence-corrected chi connectivity index (χ4v) is 3.04. The highest BCUT2D eigenvalue weighted by atomic mass is 32.2. The average Bonchev–Trinajstić information content (AvgIpc) is 3.10. The van der Waals surface area contributed by atoms with Gasteiger partial charge in [-0.15, -0.1) is 16.9 Å². The Morgan fingerprint density at radius 2 is 1.68 bits per heavy atom. The van der Waals surface area contributed by atoms with Crippen molar-refractivity contribution in [1.29, 1.82) is 0 Å². The van der Waals surface area contributed by atoms with Gasteiger partial charge in [-0.2, -0.15) is 26.3 Å². The van der Waals surface area contributed by atoms with Gasteiger partial charge in [-0.05, 0) is 24.0 Å². The second-order valence-corrected chi connectivity index (χ2v) is 6.72. The first-order valence-electron chi connectivity index (χ1n) is 7.75. The summed E-state index contributed by atoms with van der Waals surface area (Å²) >= 11 is 1.12. The van der Waals surface area contributed by atoms with E-state index in [1.54, 1.807) is 6.92 Å². The van der Waals surface area contributed by atoms with Crippen LogP contribution in [0.3, 0.4) is 0 Å². The molecule has 3 aromatic rings. The van der Waals surface area contributed by atoms with Crippen molar-refractivity contribution < 1.29 is 26.3 Å². The van der Waals surface area contributed by atoms with E-state index >= 15 is 0 Å². The van der Waals surface area contributed by atoms with Crippen LogP contribution in [0.2, 0.25) is 0 Å². The smallest absolute Gasteiger partial charge is 0.251 e. The van der Waals surface area contributed by atoms with E-state index in [2.05, 4.69) is 20.1 Å². The van der Waals surface area contributed by atoms with Gasteiger partial charge in [0, 0.05) is 17.3 Å². The third kappa shape index (κ3) is 4.26. The predicted molar refractivity (Wildman–Crippen MR) is 88.8 cm³/mol. The fourth-order valence-electron chi connectivity index (χ4n) is 2.24. The molecule has 0 atom stereocenters. The summed E-state index contributed by atoms with van der Waals surface area (Å²) < 4.78 is 78.3. The molecule has 5 nitrogen and oxygen atoms in total. The lowest BCUT2D eigenvalue weighted by Crippen LogP contribution is -2.08. The van der Waals surface area contributed by atoms with E-state index in [0.717, 1.165) is 47.2 Å². The van der Waals surface area contributed by atoms with Crippen LogP contribution < -0.4 is 0 Å². The van der Waals surface area contributed by atoms with Gasteiger partial charge in [-0.1, -0.05) is 6.92 Å². The molecule has 0 aliphatic carbocycles. The summed E-state index contributed by atoms with van der Waals surface area (Å²) in [5, 5.41) is 4.03. The van der Waals surface area contributed by atoms with Crippen molar-refractivity contribution in [3.63, 3.8) is 0 Å². The van der Waals surface area contributed by atoms with Crippen molar-refractivity contribution >= 4 is 11.8 Å². The van der Waals surface area contributed by atoms with Crippen molar-refractivity contribution in [2.24, 2.45) is 0 Å². The normalized spacial score (nSPS) is 12.4. The SMILES string of the molecule is CCSc1cc(C(F)(F)F)cnc1-c1ncn(-c2cc(C(F)(F)F)ccn2)n1. The Kier molecular flexibility index (Phi) is 5.33. The average molecular weight is 419 g/mol. The molecule has 0 N–H and O–H groups in total. The lowest BCUT2D eigenvalue weighted by Gasteiger charge is -2.10. The number of hydrogen-bond acceptors (Lipinski definition) is 5. The summed E-state index contributed by atoms with van der Waals surface area (Å²) in [4.78, 5) is 11.8. The van der Waals surface area contributed by atoms with Gasteiger partial charge in [0.2, 0.25) is 5.82 Å². The molecule has 0 bridgehead atoms. The Morgan fingerprint density at radius 3 is 2.32 bits per heavy atom. The van der Waals surface area contributed by atoms with Crippen molar-refractivity contribution in [3.05, 3.63) is 48.0 Å². The van der Waals surface area contributed by atoms with Gasteiger partial charge >= 0.3 is 12.4 Å². The first kappa shape index (κ1) is 20.1. The first-order chi connectivity index (χ1) is 13.1. The third-order valence-electron chi connectivity index (χ3n) is 3.49. The predicted octanol–water partition coefficient (Wildman–Crippen LogP) is 4.87. The molecule has 0 aliphatic rings. The number of thioether (sulfide) groups is 1. The zero-order chi connectivity index (χ0) is 20.5. The van der Waals surface area contributed by atoms with E-state index < -0.39 is 23.5 Å². The molecule has 0 spiro atoms. The van der Waals surface area contributed by atoms with Crippen LogP contribution in [0, 0.1) is 0 Å². The van der Waals surface area contributed by atoms with Crippen molar-refractivity contribution in [2.75, 3.05) is 5.75 Å². The van der Waals surface area contributed by atoms with Crippen LogP contribution in [0.5, 0.6) is 0 Å². The maximum absolute atomic E-state index is 12.9. The standard InChI is InChI=1S/C16H11F6N5S/c1-2-28-11-5-10(16(20,21)22)7-24-13(11)14-25-8-27(26-14)12-6-9(3-4-23-12)15(17,18)19/h3-8H,2H2,1H3. The second-order valence-electron chi connectivity index (χ2n) is 5.41. The lowest BCUT2D eigenvalue weighted by molar-refractivity contribution is -0.138. The Balaban J connectivity index is 2.00. The minimum absolute atomic E-state index is 0.0242. The van der Waals surface area contributed by atoms with Gasteiger partial charge < -0.3 is 0 Å². The summed E-state index contributed by atoms with van der Waals surface area (Å²) in [6, 6.07) is 2.55. The molecule has 3 rings (SSSR count). The maximum atomic E-state index is 12.9. The van der Waals surface area contributed by atoms with Crippen LogP contribution in [-0.2, 0) is 12.4 Å². The van der Waals surface area contributed by atoms with Crippen LogP contribution in [0.15, 0.2) is 41.8 Å². The highest BCUT2D eigenvalue weighted by Gasteiger charge is 2.33. The van der Waals surface area contributed by atoms with Crippen molar-refractivity contribution in [1.82, 2.24) is 24.7 Å². The summed E-state index contributed by atoms with van der Waals surface area (Å²) in [5.74, 6) is 0.320. The molecule has 3 aromatic heterocycles. The van der Waals surface area contributed by atoms with Crippen LogP contribution in [0.4, 0.5) is 26.3 Å². The maximum Gasteiger partial charge on any atom is 0.417 e. The number of pyridine rings is 2. The molecule has 0 aliphatic heterocycles. The van der Waals surface area contributed by atoms with E-state index in [1.807, 2.05) is 0 Å². The topological polar surface area (TPSA) is 56.5 Å². The van der Waals surface area contributed by atoms with Crippen LogP contribution in [0.25, 0.3) is 17.3 Å². The van der Waals surface area contributed by atoms with Crippen LogP contribution in [-0.4, -0.2) is 30.5 Å². The summed E-state index contributed by atoms with van der Waals surface area (Å²) in [6.07, 6.45) is -6.34. The van der Waals surface area contributed by atoms with E-state index in [1.165, 1.54) is 0 Å². The number of hydrogen-bond donors (Lipinski definition) is 0. The minimum atomic E-state index is -4.55. The van der Waals surface area contributed by atoms with Gasteiger partial charge in [-0.25, -0.2) is 14.6 Å². The summed E-state index contributed by atoms with van der Waals surface area (Å²) in [5.41, 5.74) is -1.72. The van der Waals surface area contributed by atoms with Gasteiger partial charge in [-0.3, -0.25) is 4.98 Å². The number of aromatic nitrogens is 5. The van der Waals surface area contributed by atoms with E-state index in [0.29, 0.717) is 11.9 Å². The quantitative estimate of drug-likeness (QED) is 0.446. The molecule has 148 valence electrons. The monoisotopic (exact) mass is 419 g/mol. The Bertz CT molecular complexity index is 982. The molecule has 12 heteroatoms. The Morgan fingerprint density at radius 1 is 0.964 bits per heavy atom. The minimum Gasteiger partial charge on any atom is -0.251 e.